The lowest BCUT2D eigenvalue weighted by Gasteiger charge is -2.22. The Balaban J connectivity index is 1.83. The molecule has 0 saturated heterocycles. The van der Waals surface area contributed by atoms with Crippen molar-refractivity contribution in [2.24, 2.45) is 5.92 Å². The SMILES string of the molecule is CC1CCCCCC1NCc1ncc(Cl)s1. The second-order valence-corrected chi connectivity index (χ2v) is 6.41. The van der Waals surface area contributed by atoms with Crippen molar-refractivity contribution >= 4 is 22.9 Å². The van der Waals surface area contributed by atoms with Crippen molar-refractivity contribution in [3.05, 3.63) is 15.5 Å². The van der Waals surface area contributed by atoms with E-state index in [1.807, 2.05) is 0 Å². The highest BCUT2D eigenvalue weighted by Crippen LogP contribution is 2.24. The summed E-state index contributed by atoms with van der Waals surface area (Å²) in [4.78, 5) is 4.27. The highest BCUT2D eigenvalue weighted by Gasteiger charge is 2.19. The minimum absolute atomic E-state index is 0.658. The van der Waals surface area contributed by atoms with Crippen LogP contribution in [-0.4, -0.2) is 11.0 Å². The number of nitrogens with one attached hydrogen (secondary N) is 1. The average molecular weight is 259 g/mol. The van der Waals surface area contributed by atoms with E-state index in [1.165, 1.54) is 32.1 Å². The van der Waals surface area contributed by atoms with Crippen LogP contribution in [0.15, 0.2) is 6.20 Å². The molecular formula is C12H19ClN2S. The molecule has 0 amide bonds. The smallest absolute Gasteiger partial charge is 0.113 e. The van der Waals surface area contributed by atoms with E-state index in [4.69, 9.17) is 11.6 Å². The molecule has 1 saturated carbocycles. The zero-order chi connectivity index (χ0) is 11.4. The molecule has 2 atom stereocenters. The van der Waals surface area contributed by atoms with Gasteiger partial charge in [-0.25, -0.2) is 4.98 Å². The van der Waals surface area contributed by atoms with Gasteiger partial charge >= 0.3 is 0 Å². The zero-order valence-corrected chi connectivity index (χ0v) is 11.3. The Hall–Kier alpha value is -0.120. The Bertz CT molecular complexity index is 327. The van der Waals surface area contributed by atoms with Gasteiger partial charge in [-0.15, -0.1) is 11.3 Å². The van der Waals surface area contributed by atoms with Crippen LogP contribution < -0.4 is 5.32 Å². The molecule has 0 aromatic carbocycles. The Labute approximate surface area is 106 Å². The third-order valence-electron chi connectivity index (χ3n) is 3.40. The fraction of sp³-hybridized carbons (Fsp3) is 0.750. The zero-order valence-electron chi connectivity index (χ0n) is 9.71. The minimum Gasteiger partial charge on any atom is -0.307 e. The molecule has 2 nitrogen and oxygen atoms in total. The minimum atomic E-state index is 0.658. The number of halogens is 1. The van der Waals surface area contributed by atoms with Gasteiger partial charge in [-0.2, -0.15) is 0 Å². The summed E-state index contributed by atoms with van der Waals surface area (Å²) in [6.45, 7) is 3.23. The summed E-state index contributed by atoms with van der Waals surface area (Å²) >= 11 is 7.44. The predicted octanol–water partition coefficient (Wildman–Crippen LogP) is 3.85. The van der Waals surface area contributed by atoms with Crippen LogP contribution in [0.3, 0.4) is 0 Å². The summed E-state index contributed by atoms with van der Waals surface area (Å²) in [7, 11) is 0. The molecule has 0 aliphatic heterocycles. The van der Waals surface area contributed by atoms with Crippen molar-refractivity contribution in [2.45, 2.75) is 51.6 Å². The van der Waals surface area contributed by atoms with E-state index >= 15 is 0 Å². The van der Waals surface area contributed by atoms with Crippen molar-refractivity contribution in [3.8, 4) is 0 Å². The first-order valence-corrected chi connectivity index (χ1v) is 7.29. The van der Waals surface area contributed by atoms with E-state index in [1.54, 1.807) is 17.5 Å². The van der Waals surface area contributed by atoms with Gasteiger partial charge in [-0.05, 0) is 18.8 Å². The highest BCUT2D eigenvalue weighted by atomic mass is 35.5. The summed E-state index contributed by atoms with van der Waals surface area (Å²) in [6.07, 6.45) is 8.55. The maximum Gasteiger partial charge on any atom is 0.113 e. The quantitative estimate of drug-likeness (QED) is 0.833. The molecule has 2 rings (SSSR count). The molecule has 2 unspecified atom stereocenters. The number of nitrogens with zero attached hydrogens (tertiary/aromatic N) is 1. The first-order valence-electron chi connectivity index (χ1n) is 6.09. The van der Waals surface area contributed by atoms with Crippen LogP contribution >= 0.6 is 22.9 Å². The number of rotatable bonds is 3. The molecule has 0 radical (unpaired) electrons. The van der Waals surface area contributed by atoms with Crippen LogP contribution in [-0.2, 0) is 6.54 Å². The first-order chi connectivity index (χ1) is 7.75. The van der Waals surface area contributed by atoms with Crippen molar-refractivity contribution in [3.63, 3.8) is 0 Å². The lowest BCUT2D eigenvalue weighted by Crippen LogP contribution is -2.33. The van der Waals surface area contributed by atoms with Gasteiger partial charge in [-0.1, -0.05) is 37.8 Å². The van der Waals surface area contributed by atoms with Gasteiger partial charge in [-0.3, -0.25) is 0 Å². The Morgan fingerprint density at radius 3 is 3.00 bits per heavy atom. The molecule has 16 heavy (non-hydrogen) atoms. The molecule has 1 aliphatic rings. The fourth-order valence-corrected chi connectivity index (χ4v) is 3.29. The van der Waals surface area contributed by atoms with Gasteiger partial charge < -0.3 is 5.32 Å². The molecule has 1 N–H and O–H groups in total. The van der Waals surface area contributed by atoms with Gasteiger partial charge in [0.05, 0.1) is 6.20 Å². The second-order valence-electron chi connectivity index (χ2n) is 4.66. The monoisotopic (exact) mass is 258 g/mol. The number of aromatic nitrogens is 1. The van der Waals surface area contributed by atoms with E-state index < -0.39 is 0 Å². The Morgan fingerprint density at radius 1 is 1.44 bits per heavy atom. The third kappa shape index (κ3) is 3.44. The largest absolute Gasteiger partial charge is 0.307 e. The van der Waals surface area contributed by atoms with E-state index in [2.05, 4.69) is 17.2 Å². The van der Waals surface area contributed by atoms with Crippen molar-refractivity contribution in [2.75, 3.05) is 0 Å². The van der Waals surface area contributed by atoms with Gasteiger partial charge in [0.15, 0.2) is 0 Å². The van der Waals surface area contributed by atoms with Crippen LogP contribution in [0.4, 0.5) is 0 Å². The topological polar surface area (TPSA) is 24.9 Å². The molecule has 4 heteroatoms. The predicted molar refractivity (Wildman–Crippen MR) is 70.0 cm³/mol. The van der Waals surface area contributed by atoms with E-state index in [0.29, 0.717) is 6.04 Å². The van der Waals surface area contributed by atoms with Crippen LogP contribution in [0.5, 0.6) is 0 Å². The number of hydrogen-bond donors (Lipinski definition) is 1. The van der Waals surface area contributed by atoms with Crippen LogP contribution in [0.25, 0.3) is 0 Å². The van der Waals surface area contributed by atoms with Crippen molar-refractivity contribution in [1.82, 2.24) is 10.3 Å². The maximum atomic E-state index is 5.86. The Kier molecular flexibility index (Phi) is 4.62. The third-order valence-corrected chi connectivity index (χ3v) is 4.52. The highest BCUT2D eigenvalue weighted by molar-refractivity contribution is 7.15. The maximum absolute atomic E-state index is 5.86. The molecule has 0 bridgehead atoms. The second kappa shape index (κ2) is 5.99. The fourth-order valence-electron chi connectivity index (χ4n) is 2.38. The van der Waals surface area contributed by atoms with Gasteiger partial charge in [0, 0.05) is 12.6 Å². The summed E-state index contributed by atoms with van der Waals surface area (Å²) in [5.74, 6) is 0.790. The van der Waals surface area contributed by atoms with Crippen LogP contribution in [0.1, 0.15) is 44.0 Å². The van der Waals surface area contributed by atoms with Gasteiger partial charge in [0.1, 0.15) is 9.34 Å². The van der Waals surface area contributed by atoms with Crippen molar-refractivity contribution in [1.29, 1.82) is 0 Å². The van der Waals surface area contributed by atoms with E-state index in [9.17, 15) is 0 Å². The van der Waals surface area contributed by atoms with Crippen LogP contribution in [0.2, 0.25) is 4.34 Å². The molecule has 90 valence electrons. The molecule has 1 aliphatic carbocycles. The average Bonchev–Trinajstić information content (AvgIpc) is 2.56. The summed E-state index contributed by atoms with van der Waals surface area (Å²) in [5, 5.41) is 4.73. The van der Waals surface area contributed by atoms with Gasteiger partial charge in [0.25, 0.3) is 0 Å². The molecule has 1 aromatic rings. The first kappa shape index (κ1) is 12.3. The Morgan fingerprint density at radius 2 is 2.25 bits per heavy atom. The van der Waals surface area contributed by atoms with Gasteiger partial charge in [0.2, 0.25) is 0 Å². The summed E-state index contributed by atoms with van der Waals surface area (Å²) in [6, 6.07) is 0.658. The van der Waals surface area contributed by atoms with E-state index in [-0.39, 0.29) is 0 Å². The molecule has 1 heterocycles. The standard InChI is InChI=1S/C12H19ClN2S/c1-9-5-3-2-4-6-10(9)14-8-12-15-7-11(13)16-12/h7,9-10,14H,2-6,8H2,1H3. The molecular weight excluding hydrogens is 240 g/mol. The molecule has 0 spiro atoms. The van der Waals surface area contributed by atoms with Crippen molar-refractivity contribution < 1.29 is 0 Å². The molecule has 1 aromatic heterocycles. The van der Waals surface area contributed by atoms with E-state index in [0.717, 1.165) is 21.8 Å². The summed E-state index contributed by atoms with van der Waals surface area (Å²) in [5.41, 5.74) is 0. The normalized spacial score (nSPS) is 26.6. The summed E-state index contributed by atoms with van der Waals surface area (Å²) < 4.78 is 0.783. The number of hydrogen-bond acceptors (Lipinski definition) is 3. The number of thiazole rings is 1. The van der Waals surface area contributed by atoms with Crippen LogP contribution in [0, 0.1) is 5.92 Å². The lowest BCUT2D eigenvalue weighted by atomic mass is 9.97. The molecule has 1 fully saturated rings. The lowest BCUT2D eigenvalue weighted by molar-refractivity contribution is 0.356.